The second-order valence-corrected chi connectivity index (χ2v) is 8.68. The van der Waals surface area contributed by atoms with Gasteiger partial charge in [-0.15, -0.1) is 10.2 Å². The van der Waals surface area contributed by atoms with Gasteiger partial charge >= 0.3 is 0 Å². The Morgan fingerprint density at radius 3 is 2.43 bits per heavy atom. The zero-order valence-corrected chi connectivity index (χ0v) is 20.1. The molecule has 2 aromatic heterocycles. The largest absolute Gasteiger partial charge is 0.495 e. The van der Waals surface area contributed by atoms with Gasteiger partial charge in [0.05, 0.1) is 12.8 Å². The number of halogens is 1. The molecule has 1 aliphatic rings. The maximum absolute atomic E-state index is 12.9. The third-order valence-corrected chi connectivity index (χ3v) is 6.38. The summed E-state index contributed by atoms with van der Waals surface area (Å²) in [7, 11) is 1.67. The van der Waals surface area contributed by atoms with E-state index in [1.54, 1.807) is 19.5 Å². The van der Waals surface area contributed by atoms with E-state index in [4.69, 9.17) is 16.3 Å². The Morgan fingerprint density at radius 1 is 0.971 bits per heavy atom. The molecule has 3 heterocycles. The van der Waals surface area contributed by atoms with Gasteiger partial charge in [0.2, 0.25) is 0 Å². The van der Waals surface area contributed by atoms with Crippen molar-refractivity contribution in [1.82, 2.24) is 20.5 Å². The van der Waals surface area contributed by atoms with Crippen LogP contribution in [-0.2, 0) is 6.54 Å². The van der Waals surface area contributed by atoms with E-state index in [2.05, 4.69) is 30.3 Å². The minimum Gasteiger partial charge on any atom is -0.495 e. The third kappa shape index (κ3) is 4.83. The van der Waals surface area contributed by atoms with Crippen molar-refractivity contribution in [3.05, 3.63) is 83.3 Å². The highest BCUT2D eigenvalue weighted by Crippen LogP contribution is 2.33. The second kappa shape index (κ2) is 10.1. The minimum atomic E-state index is -0.255. The quantitative estimate of drug-likeness (QED) is 0.440. The summed E-state index contributed by atoms with van der Waals surface area (Å²) in [6.07, 6.45) is 3.40. The Kier molecular flexibility index (Phi) is 6.63. The van der Waals surface area contributed by atoms with Gasteiger partial charge in [0.1, 0.15) is 5.75 Å². The van der Waals surface area contributed by atoms with Gasteiger partial charge in [-0.2, -0.15) is 0 Å². The summed E-state index contributed by atoms with van der Waals surface area (Å²) in [5.74, 6) is 1.33. The van der Waals surface area contributed by atoms with Crippen LogP contribution in [0.3, 0.4) is 0 Å². The number of hydrogen-bond acceptors (Lipinski definition) is 7. The van der Waals surface area contributed by atoms with Crippen LogP contribution in [0.15, 0.2) is 67.0 Å². The number of anilines is 2. The molecular formula is C26H25ClN6O2. The molecule has 0 radical (unpaired) electrons. The molecule has 0 unspecified atom stereocenters. The number of aromatic nitrogens is 3. The van der Waals surface area contributed by atoms with E-state index < -0.39 is 0 Å². The first-order chi connectivity index (χ1) is 17.1. The van der Waals surface area contributed by atoms with Crippen molar-refractivity contribution in [3.8, 4) is 5.75 Å². The Bertz CT molecular complexity index is 1340. The number of fused-ring (bicyclic) bond motifs is 1. The van der Waals surface area contributed by atoms with Gasteiger partial charge in [-0.25, -0.2) is 0 Å². The number of carbonyl (C=O) groups excluding carboxylic acids is 1. The molecule has 8 nitrogen and oxygen atoms in total. The molecule has 0 atom stereocenters. The number of rotatable bonds is 6. The van der Waals surface area contributed by atoms with E-state index in [9.17, 15) is 4.79 Å². The van der Waals surface area contributed by atoms with Crippen molar-refractivity contribution in [2.24, 2.45) is 0 Å². The first-order valence-corrected chi connectivity index (χ1v) is 11.8. The molecule has 0 spiro atoms. The number of amides is 1. The number of methoxy groups -OCH3 is 1. The summed E-state index contributed by atoms with van der Waals surface area (Å²) in [5, 5.41) is 14.1. The van der Waals surface area contributed by atoms with Crippen LogP contribution in [0.4, 0.5) is 11.5 Å². The molecule has 0 saturated carbocycles. The topological polar surface area (TPSA) is 83.5 Å². The van der Waals surface area contributed by atoms with Gasteiger partial charge in [-0.3, -0.25) is 9.78 Å². The second-order valence-electron chi connectivity index (χ2n) is 8.25. The number of pyridine rings is 1. The van der Waals surface area contributed by atoms with E-state index in [0.717, 1.165) is 59.8 Å². The van der Waals surface area contributed by atoms with Crippen LogP contribution in [0.2, 0.25) is 5.02 Å². The lowest BCUT2D eigenvalue weighted by molar-refractivity contribution is 0.0947. The summed E-state index contributed by atoms with van der Waals surface area (Å²) >= 11 is 6.23. The maximum Gasteiger partial charge on any atom is 0.272 e. The molecule has 9 heteroatoms. The molecule has 1 fully saturated rings. The first kappa shape index (κ1) is 22.9. The smallest absolute Gasteiger partial charge is 0.272 e. The highest BCUT2D eigenvalue weighted by Gasteiger charge is 2.24. The normalized spacial score (nSPS) is 13.7. The molecule has 5 rings (SSSR count). The number of nitrogens with zero attached hydrogens (tertiary/aromatic N) is 5. The highest BCUT2D eigenvalue weighted by atomic mass is 35.5. The van der Waals surface area contributed by atoms with Crippen LogP contribution < -0.4 is 19.9 Å². The molecule has 2 aromatic carbocycles. The van der Waals surface area contributed by atoms with E-state index in [1.807, 2.05) is 54.6 Å². The summed E-state index contributed by atoms with van der Waals surface area (Å²) < 4.78 is 5.53. The van der Waals surface area contributed by atoms with Crippen molar-refractivity contribution in [2.45, 2.75) is 6.54 Å². The van der Waals surface area contributed by atoms with Crippen molar-refractivity contribution in [2.75, 3.05) is 43.1 Å². The van der Waals surface area contributed by atoms with Crippen molar-refractivity contribution >= 4 is 39.8 Å². The van der Waals surface area contributed by atoms with E-state index >= 15 is 0 Å². The van der Waals surface area contributed by atoms with Crippen molar-refractivity contribution in [3.63, 3.8) is 0 Å². The van der Waals surface area contributed by atoms with E-state index in [1.165, 1.54) is 0 Å². The fourth-order valence-electron chi connectivity index (χ4n) is 4.33. The van der Waals surface area contributed by atoms with Gasteiger partial charge in [-0.1, -0.05) is 35.9 Å². The third-order valence-electron chi connectivity index (χ3n) is 6.15. The van der Waals surface area contributed by atoms with Crippen LogP contribution in [0.5, 0.6) is 5.75 Å². The predicted molar refractivity (Wildman–Crippen MR) is 137 cm³/mol. The number of carbonyl (C=O) groups is 1. The van der Waals surface area contributed by atoms with Crippen LogP contribution in [0.25, 0.3) is 10.8 Å². The monoisotopic (exact) mass is 488 g/mol. The molecule has 4 aromatic rings. The molecular weight excluding hydrogens is 464 g/mol. The summed E-state index contributed by atoms with van der Waals surface area (Å²) in [6, 6.07) is 17.2. The van der Waals surface area contributed by atoms with Crippen LogP contribution >= 0.6 is 11.6 Å². The molecule has 35 heavy (non-hydrogen) atoms. The molecule has 1 N–H and O–H groups in total. The van der Waals surface area contributed by atoms with Gasteiger partial charge in [0.15, 0.2) is 11.5 Å². The molecule has 1 aliphatic heterocycles. The Hall–Kier alpha value is -3.91. The lowest BCUT2D eigenvalue weighted by Gasteiger charge is -2.37. The van der Waals surface area contributed by atoms with E-state index in [0.29, 0.717) is 17.3 Å². The Labute approximate surface area is 208 Å². The number of ether oxygens (including phenoxy) is 1. The van der Waals surface area contributed by atoms with Crippen LogP contribution in [0, 0.1) is 0 Å². The highest BCUT2D eigenvalue weighted by molar-refractivity contribution is 6.31. The minimum absolute atomic E-state index is 0.255. The van der Waals surface area contributed by atoms with Crippen LogP contribution in [0.1, 0.15) is 16.1 Å². The molecule has 178 valence electrons. The Morgan fingerprint density at radius 2 is 1.69 bits per heavy atom. The predicted octanol–water partition coefficient (Wildman–Crippen LogP) is 3.94. The summed E-state index contributed by atoms with van der Waals surface area (Å²) in [4.78, 5) is 21.4. The van der Waals surface area contributed by atoms with Crippen molar-refractivity contribution in [1.29, 1.82) is 0 Å². The van der Waals surface area contributed by atoms with Gasteiger partial charge < -0.3 is 19.9 Å². The maximum atomic E-state index is 12.9. The molecule has 1 saturated heterocycles. The van der Waals surface area contributed by atoms with Gasteiger partial charge in [0.25, 0.3) is 5.91 Å². The average molecular weight is 489 g/mol. The number of hydrogen-bond donors (Lipinski definition) is 1. The van der Waals surface area contributed by atoms with Crippen molar-refractivity contribution < 1.29 is 9.53 Å². The average Bonchev–Trinajstić information content (AvgIpc) is 2.92. The molecule has 0 aliphatic carbocycles. The van der Waals surface area contributed by atoms with Crippen LogP contribution in [-0.4, -0.2) is 54.4 Å². The number of nitrogens with one attached hydrogen (secondary N) is 1. The number of piperazine rings is 1. The fraction of sp³-hybridized carbons (Fsp3) is 0.231. The SMILES string of the molecule is COc1ccc(Cl)cc1N1CCN(c2nnc(C(=O)NCc3ccncc3)c3ccccc23)CC1. The van der Waals surface area contributed by atoms with Gasteiger partial charge in [-0.05, 0) is 35.9 Å². The fourth-order valence-corrected chi connectivity index (χ4v) is 4.49. The molecule has 0 bridgehead atoms. The summed E-state index contributed by atoms with van der Waals surface area (Å²) in [5.41, 5.74) is 2.27. The number of benzene rings is 2. The standard InChI is InChI=1S/C26H25ClN6O2/c1-35-23-7-6-19(27)16-22(23)32-12-14-33(15-13-32)25-21-5-3-2-4-20(21)24(30-31-25)26(34)29-17-18-8-10-28-11-9-18/h2-11,16H,12-15,17H2,1H3,(H,29,34). The lowest BCUT2D eigenvalue weighted by Crippen LogP contribution is -2.47. The summed E-state index contributed by atoms with van der Waals surface area (Å²) in [6.45, 7) is 3.46. The zero-order valence-electron chi connectivity index (χ0n) is 19.3. The Balaban J connectivity index is 1.35. The van der Waals surface area contributed by atoms with Gasteiger partial charge in [0, 0.05) is 60.9 Å². The zero-order chi connectivity index (χ0) is 24.2. The molecule has 1 amide bonds. The first-order valence-electron chi connectivity index (χ1n) is 11.4. The lowest BCUT2D eigenvalue weighted by atomic mass is 10.1. The van der Waals surface area contributed by atoms with E-state index in [-0.39, 0.29) is 5.91 Å².